The largest absolute Gasteiger partial charge is 0.459 e. The van der Waals surface area contributed by atoms with Crippen molar-refractivity contribution in [2.75, 3.05) is 18.1 Å². The molecule has 1 unspecified atom stereocenters. The van der Waals surface area contributed by atoms with Crippen molar-refractivity contribution in [3.8, 4) is 0 Å². The third kappa shape index (κ3) is 3.13. The fraction of sp³-hybridized carbons (Fsp3) is 0.562. The Morgan fingerprint density at radius 1 is 1.19 bits per heavy atom. The predicted octanol–water partition coefficient (Wildman–Crippen LogP) is 2.50. The van der Waals surface area contributed by atoms with E-state index in [1.165, 1.54) is 12.8 Å². The molecule has 1 saturated carbocycles. The number of nitrogen functional groups attached to an aromatic ring is 2. The van der Waals surface area contributed by atoms with Gasteiger partial charge in [0.1, 0.15) is 6.61 Å². The summed E-state index contributed by atoms with van der Waals surface area (Å²) in [4.78, 5) is 12.0. The number of carbonyl (C=O) groups is 1. The van der Waals surface area contributed by atoms with Crippen molar-refractivity contribution in [1.82, 2.24) is 0 Å². The van der Waals surface area contributed by atoms with Crippen LogP contribution in [-0.4, -0.2) is 24.3 Å². The van der Waals surface area contributed by atoms with E-state index in [0.717, 1.165) is 25.7 Å². The molecule has 1 saturated heterocycles. The Labute approximate surface area is 124 Å². The van der Waals surface area contributed by atoms with Crippen LogP contribution in [0.2, 0.25) is 0 Å². The van der Waals surface area contributed by atoms with E-state index in [4.69, 9.17) is 20.9 Å². The van der Waals surface area contributed by atoms with Gasteiger partial charge in [0.05, 0.1) is 17.3 Å². The first-order valence-electron chi connectivity index (χ1n) is 7.57. The molecule has 1 aromatic rings. The number of hydrogen-bond acceptors (Lipinski definition) is 5. The monoisotopic (exact) mass is 290 g/mol. The van der Waals surface area contributed by atoms with Gasteiger partial charge in [0.25, 0.3) is 0 Å². The van der Waals surface area contributed by atoms with Gasteiger partial charge in [-0.25, -0.2) is 4.79 Å². The van der Waals surface area contributed by atoms with Gasteiger partial charge in [-0.15, -0.1) is 0 Å². The second-order valence-electron chi connectivity index (χ2n) is 6.16. The Bertz CT molecular complexity index is 518. The SMILES string of the molecule is Nc1cc(N)cc(C(=O)OCC2CCC3(CCCC3)O2)c1. The van der Waals surface area contributed by atoms with Crippen LogP contribution in [-0.2, 0) is 9.47 Å². The number of anilines is 2. The number of rotatable bonds is 3. The maximum Gasteiger partial charge on any atom is 0.338 e. The number of benzene rings is 1. The van der Waals surface area contributed by atoms with Gasteiger partial charge in [-0.3, -0.25) is 0 Å². The van der Waals surface area contributed by atoms with Gasteiger partial charge in [0.2, 0.25) is 0 Å². The van der Waals surface area contributed by atoms with Crippen molar-refractivity contribution in [2.24, 2.45) is 0 Å². The number of carbonyl (C=O) groups excluding carboxylic acids is 1. The highest BCUT2D eigenvalue weighted by Gasteiger charge is 2.42. The van der Waals surface area contributed by atoms with Crippen LogP contribution in [0, 0.1) is 0 Å². The minimum absolute atomic E-state index is 0.0189. The Kier molecular flexibility index (Phi) is 3.76. The molecule has 2 aliphatic rings. The Morgan fingerprint density at radius 2 is 1.86 bits per heavy atom. The normalized spacial score (nSPS) is 23.5. The van der Waals surface area contributed by atoms with Crippen molar-refractivity contribution in [3.63, 3.8) is 0 Å². The lowest BCUT2D eigenvalue weighted by molar-refractivity contribution is -0.0598. The van der Waals surface area contributed by atoms with Crippen molar-refractivity contribution in [2.45, 2.75) is 50.2 Å². The summed E-state index contributed by atoms with van der Waals surface area (Å²) in [6.45, 7) is 0.301. The predicted molar refractivity (Wildman–Crippen MR) is 80.9 cm³/mol. The average molecular weight is 290 g/mol. The van der Waals surface area contributed by atoms with E-state index < -0.39 is 5.97 Å². The minimum Gasteiger partial charge on any atom is -0.459 e. The standard InChI is InChI=1S/C16H22N2O3/c17-12-7-11(8-13(18)9-12)15(19)20-10-14-3-6-16(21-14)4-1-2-5-16/h7-9,14H,1-6,10,17-18H2. The zero-order chi connectivity index (χ0) is 14.9. The Morgan fingerprint density at radius 3 is 2.52 bits per heavy atom. The van der Waals surface area contributed by atoms with Gasteiger partial charge < -0.3 is 20.9 Å². The zero-order valence-corrected chi connectivity index (χ0v) is 12.1. The maximum absolute atomic E-state index is 12.0. The molecule has 1 aromatic carbocycles. The quantitative estimate of drug-likeness (QED) is 0.659. The van der Waals surface area contributed by atoms with E-state index >= 15 is 0 Å². The molecular formula is C16H22N2O3. The summed E-state index contributed by atoms with van der Waals surface area (Å²) >= 11 is 0. The molecule has 3 rings (SSSR count). The molecule has 1 atom stereocenters. The van der Waals surface area contributed by atoms with E-state index in [-0.39, 0.29) is 11.7 Å². The number of esters is 1. The molecule has 1 aliphatic heterocycles. The third-order valence-corrected chi connectivity index (χ3v) is 4.47. The molecule has 21 heavy (non-hydrogen) atoms. The fourth-order valence-corrected chi connectivity index (χ4v) is 3.45. The molecule has 4 N–H and O–H groups in total. The topological polar surface area (TPSA) is 87.6 Å². The lowest BCUT2D eigenvalue weighted by Crippen LogP contribution is -2.27. The van der Waals surface area contributed by atoms with Gasteiger partial charge in [0.15, 0.2) is 0 Å². The van der Waals surface area contributed by atoms with Gasteiger partial charge in [-0.2, -0.15) is 0 Å². The van der Waals surface area contributed by atoms with E-state index in [0.29, 0.717) is 23.5 Å². The van der Waals surface area contributed by atoms with Crippen molar-refractivity contribution in [1.29, 1.82) is 0 Å². The first-order valence-corrected chi connectivity index (χ1v) is 7.57. The number of hydrogen-bond donors (Lipinski definition) is 2. The van der Waals surface area contributed by atoms with E-state index in [1.807, 2.05) is 0 Å². The molecule has 1 heterocycles. The van der Waals surface area contributed by atoms with Gasteiger partial charge in [-0.05, 0) is 43.9 Å². The molecular weight excluding hydrogens is 268 g/mol. The second-order valence-corrected chi connectivity index (χ2v) is 6.16. The highest BCUT2D eigenvalue weighted by atomic mass is 16.6. The molecule has 0 radical (unpaired) electrons. The highest BCUT2D eigenvalue weighted by Crippen LogP contribution is 2.43. The first-order chi connectivity index (χ1) is 10.1. The van der Waals surface area contributed by atoms with Crippen LogP contribution in [0.15, 0.2) is 18.2 Å². The summed E-state index contributed by atoms with van der Waals surface area (Å²) in [5.41, 5.74) is 12.7. The number of nitrogens with two attached hydrogens (primary N) is 2. The summed E-state index contributed by atoms with van der Waals surface area (Å²) in [7, 11) is 0. The number of ether oxygens (including phenoxy) is 2. The summed E-state index contributed by atoms with van der Waals surface area (Å²) in [6, 6.07) is 4.76. The smallest absolute Gasteiger partial charge is 0.338 e. The maximum atomic E-state index is 12.0. The summed E-state index contributed by atoms with van der Waals surface area (Å²) < 4.78 is 11.5. The van der Waals surface area contributed by atoms with E-state index in [1.54, 1.807) is 18.2 Å². The molecule has 5 nitrogen and oxygen atoms in total. The van der Waals surface area contributed by atoms with Crippen molar-refractivity contribution in [3.05, 3.63) is 23.8 Å². The Balaban J connectivity index is 1.54. The van der Waals surface area contributed by atoms with Crippen LogP contribution < -0.4 is 11.5 Å². The van der Waals surface area contributed by atoms with Gasteiger partial charge >= 0.3 is 5.97 Å². The summed E-state index contributed by atoms with van der Waals surface area (Å²) in [5.74, 6) is -0.398. The van der Waals surface area contributed by atoms with Crippen LogP contribution in [0.1, 0.15) is 48.9 Å². The summed E-state index contributed by atoms with van der Waals surface area (Å²) in [5, 5.41) is 0. The van der Waals surface area contributed by atoms with E-state index in [2.05, 4.69) is 0 Å². The fourth-order valence-electron chi connectivity index (χ4n) is 3.45. The first kappa shape index (κ1) is 14.2. The minimum atomic E-state index is -0.398. The molecule has 1 spiro atoms. The van der Waals surface area contributed by atoms with E-state index in [9.17, 15) is 4.79 Å². The average Bonchev–Trinajstić information content (AvgIpc) is 3.06. The molecule has 114 valence electrons. The van der Waals surface area contributed by atoms with Crippen molar-refractivity contribution < 1.29 is 14.3 Å². The van der Waals surface area contributed by atoms with Crippen molar-refractivity contribution >= 4 is 17.3 Å². The summed E-state index contributed by atoms with van der Waals surface area (Å²) in [6.07, 6.45) is 6.84. The molecule has 0 bridgehead atoms. The molecule has 5 heteroatoms. The lowest BCUT2D eigenvalue weighted by atomic mass is 9.98. The highest BCUT2D eigenvalue weighted by molar-refractivity contribution is 5.91. The Hall–Kier alpha value is -1.75. The second kappa shape index (κ2) is 5.56. The molecule has 1 aliphatic carbocycles. The van der Waals surface area contributed by atoms with Gasteiger partial charge in [-0.1, -0.05) is 12.8 Å². The molecule has 0 aromatic heterocycles. The molecule has 2 fully saturated rings. The van der Waals surface area contributed by atoms with Crippen LogP contribution in [0.4, 0.5) is 11.4 Å². The van der Waals surface area contributed by atoms with Gasteiger partial charge in [0, 0.05) is 11.4 Å². The van der Waals surface area contributed by atoms with Crippen LogP contribution in [0.25, 0.3) is 0 Å². The molecule has 0 amide bonds. The van der Waals surface area contributed by atoms with Crippen LogP contribution >= 0.6 is 0 Å². The van der Waals surface area contributed by atoms with Crippen LogP contribution in [0.5, 0.6) is 0 Å². The van der Waals surface area contributed by atoms with Crippen LogP contribution in [0.3, 0.4) is 0 Å². The third-order valence-electron chi connectivity index (χ3n) is 4.47. The lowest BCUT2D eigenvalue weighted by Gasteiger charge is -2.23. The zero-order valence-electron chi connectivity index (χ0n) is 12.1.